The maximum Gasteiger partial charge on any atom is 0.310 e. The van der Waals surface area contributed by atoms with E-state index in [9.17, 15) is 14.4 Å². The number of hydrogen-bond acceptors (Lipinski definition) is 6. The fraction of sp³-hybridized carbons (Fsp3) is 0.621. The van der Waals surface area contributed by atoms with Crippen molar-refractivity contribution in [3.05, 3.63) is 41.4 Å². The first-order valence-corrected chi connectivity index (χ1v) is 14.9. The van der Waals surface area contributed by atoms with Gasteiger partial charge in [-0.3, -0.25) is 14.4 Å². The SMILES string of the molecule is C=CCN(C(=O)C1N(CCCCCCO)C(=O)[C@@H]2[C@@H](C(=O)OCC)[C@H]3CC(C)C12S3)c1c(C)cccc1Cl. The number of amides is 2. The molecule has 3 saturated heterocycles. The van der Waals surface area contributed by atoms with Crippen LogP contribution in [0.5, 0.6) is 0 Å². The fourth-order valence-electron chi connectivity index (χ4n) is 6.83. The van der Waals surface area contributed by atoms with Gasteiger partial charge in [-0.25, -0.2) is 0 Å². The molecule has 7 nitrogen and oxygen atoms in total. The van der Waals surface area contributed by atoms with Crippen LogP contribution in [0, 0.1) is 24.7 Å². The average Bonchev–Trinajstić information content (AvgIpc) is 3.47. The lowest BCUT2D eigenvalue weighted by molar-refractivity contribution is -0.154. The van der Waals surface area contributed by atoms with Crippen LogP contribution in [0.3, 0.4) is 0 Å². The van der Waals surface area contributed by atoms with Gasteiger partial charge >= 0.3 is 5.97 Å². The lowest BCUT2D eigenvalue weighted by Crippen LogP contribution is -2.57. The molecule has 0 aliphatic carbocycles. The monoisotopic (exact) mass is 562 g/mol. The summed E-state index contributed by atoms with van der Waals surface area (Å²) in [5.41, 5.74) is 1.49. The van der Waals surface area contributed by atoms with Crippen LogP contribution >= 0.6 is 23.4 Å². The number of nitrogens with zero attached hydrogens (tertiary/aromatic N) is 2. The van der Waals surface area contributed by atoms with Crippen LogP contribution in [-0.2, 0) is 19.1 Å². The number of ether oxygens (including phenoxy) is 1. The number of benzene rings is 1. The number of carbonyl (C=O) groups is 3. The number of aliphatic hydroxyl groups is 1. The second-order valence-electron chi connectivity index (χ2n) is 10.6. The predicted molar refractivity (Wildman–Crippen MR) is 151 cm³/mol. The molecule has 3 aliphatic heterocycles. The number of aliphatic hydroxyl groups excluding tert-OH is 1. The number of thioether (sulfide) groups is 1. The van der Waals surface area contributed by atoms with Gasteiger partial charge in [-0.05, 0) is 50.7 Å². The van der Waals surface area contributed by atoms with Crippen LogP contribution in [0.4, 0.5) is 5.69 Å². The number of para-hydroxylation sites is 1. The molecule has 1 aromatic rings. The summed E-state index contributed by atoms with van der Waals surface area (Å²) in [5, 5.41) is 9.57. The van der Waals surface area contributed by atoms with Crippen molar-refractivity contribution in [2.45, 2.75) is 68.9 Å². The summed E-state index contributed by atoms with van der Waals surface area (Å²) in [4.78, 5) is 45.4. The van der Waals surface area contributed by atoms with Crippen LogP contribution in [0.25, 0.3) is 0 Å². The van der Waals surface area contributed by atoms with E-state index in [-0.39, 0.29) is 48.7 Å². The summed E-state index contributed by atoms with van der Waals surface area (Å²) >= 11 is 8.28. The predicted octanol–water partition coefficient (Wildman–Crippen LogP) is 4.62. The van der Waals surface area contributed by atoms with Gasteiger partial charge in [0.25, 0.3) is 5.91 Å². The van der Waals surface area contributed by atoms with Gasteiger partial charge in [0, 0.05) is 24.9 Å². The standard InChI is InChI=1S/C29H39ClN2O5S/c1-5-14-31(24-18(3)12-11-13-20(24)30)27(35)25-29-19(4)17-21(38-29)22(28(36)37-6-2)23(29)26(34)32(25)15-9-7-8-10-16-33/h5,11-13,19,21-23,25,33H,1,6-10,14-17H2,2-4H3/t19?,21-,22+,23+,25?,29?/m1/s1. The van der Waals surface area contributed by atoms with Crippen LogP contribution in [0.2, 0.25) is 5.02 Å². The number of anilines is 1. The highest BCUT2D eigenvalue weighted by Gasteiger charge is 2.76. The Morgan fingerprint density at radius 1 is 1.32 bits per heavy atom. The van der Waals surface area contributed by atoms with Crippen molar-refractivity contribution in [3.8, 4) is 0 Å². The van der Waals surface area contributed by atoms with E-state index in [0.29, 0.717) is 23.7 Å². The lowest BCUT2D eigenvalue weighted by atomic mass is 9.66. The third-order valence-corrected chi connectivity index (χ3v) is 10.8. The van der Waals surface area contributed by atoms with Gasteiger partial charge in [0.05, 0.1) is 33.9 Å². The minimum Gasteiger partial charge on any atom is -0.466 e. The Labute approximate surface area is 234 Å². The molecule has 2 amide bonds. The number of likely N-dealkylation sites (tertiary alicyclic amines) is 1. The molecule has 1 aromatic carbocycles. The number of halogens is 1. The van der Waals surface area contributed by atoms with Crippen molar-refractivity contribution < 1.29 is 24.2 Å². The van der Waals surface area contributed by atoms with E-state index >= 15 is 0 Å². The Morgan fingerprint density at radius 3 is 2.71 bits per heavy atom. The fourth-order valence-corrected chi connectivity index (χ4v) is 9.55. The van der Waals surface area contributed by atoms with E-state index in [4.69, 9.17) is 21.4 Å². The Balaban J connectivity index is 1.77. The van der Waals surface area contributed by atoms with E-state index in [1.165, 1.54) is 0 Å². The first-order chi connectivity index (χ1) is 18.2. The van der Waals surface area contributed by atoms with Crippen molar-refractivity contribution in [1.29, 1.82) is 0 Å². The molecule has 0 radical (unpaired) electrons. The zero-order valence-corrected chi connectivity index (χ0v) is 24.1. The van der Waals surface area contributed by atoms with Crippen LogP contribution < -0.4 is 4.90 Å². The number of rotatable bonds is 12. The first-order valence-electron chi connectivity index (χ1n) is 13.7. The zero-order valence-electron chi connectivity index (χ0n) is 22.5. The van der Waals surface area contributed by atoms with Crippen molar-refractivity contribution in [2.75, 3.05) is 31.2 Å². The summed E-state index contributed by atoms with van der Waals surface area (Å²) in [6, 6.07) is 4.81. The van der Waals surface area contributed by atoms with Gasteiger partial charge in [0.15, 0.2) is 0 Å². The van der Waals surface area contributed by atoms with Gasteiger partial charge in [0.2, 0.25) is 5.91 Å². The summed E-state index contributed by atoms with van der Waals surface area (Å²) in [5.74, 6) is -1.71. The Bertz CT molecular complexity index is 1060. The van der Waals surface area contributed by atoms with Crippen molar-refractivity contribution in [2.24, 2.45) is 17.8 Å². The van der Waals surface area contributed by atoms with Gasteiger partial charge in [-0.15, -0.1) is 18.3 Å². The number of aryl methyl sites for hydroxylation is 1. The molecule has 0 saturated carbocycles. The average molecular weight is 563 g/mol. The van der Waals surface area contributed by atoms with E-state index in [1.807, 2.05) is 19.1 Å². The number of fused-ring (bicyclic) bond motifs is 1. The number of unbranched alkanes of at least 4 members (excludes halogenated alkanes) is 3. The van der Waals surface area contributed by atoms with Gasteiger partial charge in [-0.1, -0.05) is 49.6 Å². The van der Waals surface area contributed by atoms with E-state index in [2.05, 4.69) is 13.5 Å². The first kappa shape index (κ1) is 29.0. The Hall–Kier alpha value is -2.03. The quantitative estimate of drug-likeness (QED) is 0.227. The molecule has 3 aliphatic rings. The second-order valence-corrected chi connectivity index (χ2v) is 12.6. The molecule has 6 atom stereocenters. The highest BCUT2D eigenvalue weighted by molar-refractivity contribution is 8.02. The van der Waals surface area contributed by atoms with Crippen LogP contribution in [-0.4, -0.2) is 70.1 Å². The Morgan fingerprint density at radius 2 is 2.05 bits per heavy atom. The maximum absolute atomic E-state index is 14.7. The third-order valence-electron chi connectivity index (χ3n) is 8.38. The summed E-state index contributed by atoms with van der Waals surface area (Å²) < 4.78 is 4.72. The molecule has 9 heteroatoms. The molecule has 38 heavy (non-hydrogen) atoms. The molecule has 2 bridgehead atoms. The van der Waals surface area contributed by atoms with Gasteiger partial charge in [0.1, 0.15) is 6.04 Å². The van der Waals surface area contributed by atoms with Crippen LogP contribution in [0.15, 0.2) is 30.9 Å². The number of carbonyl (C=O) groups excluding carboxylic acids is 3. The van der Waals surface area contributed by atoms with Crippen molar-refractivity contribution >= 4 is 46.8 Å². The minimum absolute atomic E-state index is 0.0464. The molecule has 0 aromatic heterocycles. The molecule has 1 N–H and O–H groups in total. The zero-order chi connectivity index (χ0) is 27.6. The highest BCUT2D eigenvalue weighted by Crippen LogP contribution is 2.69. The van der Waals surface area contributed by atoms with E-state index in [1.54, 1.807) is 40.6 Å². The molecule has 4 rings (SSSR count). The molecule has 1 spiro atoms. The molecular formula is C29H39ClN2O5S. The number of hydrogen-bond donors (Lipinski definition) is 1. The third kappa shape index (κ3) is 4.77. The largest absolute Gasteiger partial charge is 0.466 e. The van der Waals surface area contributed by atoms with Gasteiger partial charge < -0.3 is 19.6 Å². The lowest BCUT2D eigenvalue weighted by Gasteiger charge is -2.40. The molecule has 3 unspecified atom stereocenters. The summed E-state index contributed by atoms with van der Waals surface area (Å²) in [6.45, 7) is 10.8. The van der Waals surface area contributed by atoms with Crippen molar-refractivity contribution in [3.63, 3.8) is 0 Å². The maximum atomic E-state index is 14.7. The molecule has 3 fully saturated rings. The summed E-state index contributed by atoms with van der Waals surface area (Å²) in [6.07, 6.45) is 5.56. The second kappa shape index (κ2) is 12.0. The van der Waals surface area contributed by atoms with Crippen molar-refractivity contribution in [1.82, 2.24) is 4.90 Å². The minimum atomic E-state index is -0.724. The van der Waals surface area contributed by atoms with Crippen LogP contribution in [0.1, 0.15) is 51.5 Å². The topological polar surface area (TPSA) is 87.2 Å². The van der Waals surface area contributed by atoms with Gasteiger partial charge in [-0.2, -0.15) is 0 Å². The molecule has 3 heterocycles. The Kier molecular flexibility index (Phi) is 9.15. The van der Waals surface area contributed by atoms with E-state index in [0.717, 1.165) is 31.2 Å². The normalized spacial score (nSPS) is 29.4. The van der Waals surface area contributed by atoms with E-state index < -0.39 is 22.6 Å². The molecular weight excluding hydrogens is 524 g/mol. The number of esters is 1. The smallest absolute Gasteiger partial charge is 0.310 e. The highest BCUT2D eigenvalue weighted by atomic mass is 35.5. The molecule has 208 valence electrons. The summed E-state index contributed by atoms with van der Waals surface area (Å²) in [7, 11) is 0.